The van der Waals surface area contributed by atoms with Gasteiger partial charge in [-0.15, -0.1) is 0 Å². The fraction of sp³-hybridized carbons (Fsp3) is 0.415. The van der Waals surface area contributed by atoms with Crippen LogP contribution in [-0.4, -0.2) is 159 Å². The number of anilines is 2. The van der Waals surface area contributed by atoms with Gasteiger partial charge in [0.2, 0.25) is 11.8 Å². The molecule has 2 aromatic carbocycles. The Morgan fingerprint density at radius 2 is 1.00 bits per heavy atom. The topological polar surface area (TPSA) is 242 Å². The number of piperidine rings is 2. The molecule has 4 aliphatic rings. The van der Waals surface area contributed by atoms with Gasteiger partial charge in [0.05, 0.1) is 131 Å². The molecule has 87 heavy (non-hydrogen) atoms. The number of rotatable bonds is 12. The fourth-order valence-electron chi connectivity index (χ4n) is 14.6. The largest absolute Gasteiger partial charge is 0.383 e. The van der Waals surface area contributed by atoms with E-state index >= 15 is 0 Å². The zero-order valence-corrected chi connectivity index (χ0v) is 49.4. The van der Waals surface area contributed by atoms with Gasteiger partial charge >= 0.3 is 0 Å². The number of carbonyl (C=O) groups is 2. The molecule has 2 N–H and O–H groups in total. The van der Waals surface area contributed by atoms with Crippen molar-refractivity contribution in [2.24, 2.45) is 28.0 Å². The third-order valence-electron chi connectivity index (χ3n) is 19.0. The number of hydrogen-bond donors (Lipinski definition) is 2. The number of aromatic nitrogens is 12. The standard InChI is InChI=1S/2C32H35N9O2.CH4/c2*1-31(8-11-33,19-43-5)41-12-9-32(10-13-41)27-24(39(3)30(32)42)17-34-29-26(27)25(28(37-29)22-16-35-38(2)18-22)20-6-7-23-21(14-20)15-36-40(23)4;/h2*6-7,14-18H,8-10,12-13,19H2,1-5H3,(H,34,37);1H4/t2*31-;/m10./s1/i2*4D3;. The predicted octanol–water partition coefficient (Wildman–Crippen LogP) is 8.93. The molecule has 0 radical (unpaired) electrons. The molecular weight excluding hydrogens is 1100 g/mol. The molecule has 0 unspecified atom stereocenters. The summed E-state index contributed by atoms with van der Waals surface area (Å²) in [6.45, 7) is 2.62. The zero-order valence-electron chi connectivity index (χ0n) is 55.4. The van der Waals surface area contributed by atoms with Crippen LogP contribution < -0.4 is 9.80 Å². The molecule has 448 valence electrons. The lowest BCUT2D eigenvalue weighted by atomic mass is 9.71. The Bertz CT molecular complexity index is 4380. The first-order valence-electron chi connectivity index (χ1n) is 31.7. The zero-order chi connectivity index (χ0) is 65.2. The van der Waals surface area contributed by atoms with Gasteiger partial charge in [-0.05, 0) is 74.9 Å². The number of nitrogens with one attached hydrogen (secondary N) is 2. The summed E-state index contributed by atoms with van der Waals surface area (Å²) >= 11 is 0. The van der Waals surface area contributed by atoms with Crippen LogP contribution >= 0.6 is 0 Å². The number of aryl methyl sites for hydroxylation is 4. The summed E-state index contributed by atoms with van der Waals surface area (Å²) in [5, 5.41) is 39.5. The van der Waals surface area contributed by atoms with Crippen molar-refractivity contribution in [3.8, 4) is 56.9 Å². The minimum absolute atomic E-state index is 0. The highest BCUT2D eigenvalue weighted by molar-refractivity contribution is 6.18. The number of nitrogens with zero attached hydrogens (tertiary/aromatic N) is 16. The maximum atomic E-state index is 14.3. The van der Waals surface area contributed by atoms with Crippen molar-refractivity contribution < 1.29 is 27.3 Å². The van der Waals surface area contributed by atoms with Gasteiger partial charge in [0.15, 0.2) is 0 Å². The highest BCUT2D eigenvalue weighted by Gasteiger charge is 2.56. The van der Waals surface area contributed by atoms with Gasteiger partial charge < -0.3 is 29.2 Å². The van der Waals surface area contributed by atoms with E-state index in [2.05, 4.69) is 52.3 Å². The SMILES string of the molecule is C.[2H]C([2H])([2H])n1ncc2cc(-c3c(-c4cnn(C)c4)[nH]c4ncc5c(c34)C3(CCN([C@@](C)(CC#N)COC)CC3)C(=O)N5C)ccc21.[2H]C([2H])([2H])n1ncc2cc(-c3c(-c4cnn(C)c4)[nH]c4ncc5c(c34)C3(CCN([C@](C)(CC#N)COC)CC3)C(=O)N5C)ccc21. The summed E-state index contributed by atoms with van der Waals surface area (Å²) in [7, 11) is 10.6. The van der Waals surface area contributed by atoms with Crippen molar-refractivity contribution in [3.63, 3.8) is 0 Å². The van der Waals surface area contributed by atoms with Gasteiger partial charge in [-0.3, -0.25) is 38.1 Å². The minimum atomic E-state index is -2.41. The van der Waals surface area contributed by atoms with Crippen molar-refractivity contribution in [1.29, 1.82) is 10.5 Å². The second-order valence-corrected chi connectivity index (χ2v) is 24.1. The molecule has 14 rings (SSSR count). The number of aromatic amines is 2. The molecule has 0 saturated carbocycles. The second kappa shape index (κ2) is 21.7. The van der Waals surface area contributed by atoms with Gasteiger partial charge in [-0.25, -0.2) is 9.97 Å². The van der Waals surface area contributed by atoms with E-state index in [1.165, 1.54) is 0 Å². The van der Waals surface area contributed by atoms with Gasteiger partial charge in [0.25, 0.3) is 0 Å². The lowest BCUT2D eigenvalue weighted by Gasteiger charge is -2.46. The van der Waals surface area contributed by atoms with Crippen LogP contribution in [0.3, 0.4) is 0 Å². The number of likely N-dealkylation sites (tertiary alicyclic amines) is 2. The number of methoxy groups -OCH3 is 2. The van der Waals surface area contributed by atoms with Crippen LogP contribution in [0, 0.1) is 22.7 Å². The number of carbonyl (C=O) groups excluding carboxylic acids is 2. The number of likely N-dealkylation sites (N-methyl/N-ethyl adjacent to an activating group) is 2. The Morgan fingerprint density at radius 3 is 1.34 bits per heavy atom. The summed E-state index contributed by atoms with van der Waals surface area (Å²) in [6, 6.07) is 15.9. The number of nitriles is 2. The highest BCUT2D eigenvalue weighted by atomic mass is 16.5. The molecule has 2 fully saturated rings. The van der Waals surface area contributed by atoms with Crippen LogP contribution in [0.4, 0.5) is 11.4 Å². The molecule has 2 amide bonds. The maximum absolute atomic E-state index is 14.3. The van der Waals surface area contributed by atoms with E-state index < -0.39 is 35.9 Å². The van der Waals surface area contributed by atoms with E-state index in [9.17, 15) is 20.1 Å². The van der Waals surface area contributed by atoms with Crippen molar-refractivity contribution in [3.05, 3.63) is 97.1 Å². The van der Waals surface area contributed by atoms with Crippen LogP contribution in [0.15, 0.2) is 86.0 Å². The number of pyridine rings is 2. The summed E-state index contributed by atoms with van der Waals surface area (Å²) in [5.74, 6) is 0.0734. The van der Waals surface area contributed by atoms with E-state index in [1.54, 1.807) is 82.7 Å². The summed E-state index contributed by atoms with van der Waals surface area (Å²) in [6.07, 6.45) is 17.1. The van der Waals surface area contributed by atoms with E-state index in [0.717, 1.165) is 87.4 Å². The second-order valence-electron chi connectivity index (χ2n) is 24.1. The predicted molar refractivity (Wildman–Crippen MR) is 336 cm³/mol. The summed E-state index contributed by atoms with van der Waals surface area (Å²) in [5.41, 5.74) is 10.0. The Balaban J connectivity index is 0.000000177. The fourth-order valence-corrected chi connectivity index (χ4v) is 14.6. The number of hydrogen-bond acceptors (Lipinski definition) is 14. The van der Waals surface area contributed by atoms with Gasteiger partial charge in [-0.1, -0.05) is 19.6 Å². The number of ether oxygens (including phenoxy) is 2. The number of amides is 2. The smallest absolute Gasteiger partial charge is 0.237 e. The van der Waals surface area contributed by atoms with Crippen LogP contribution in [0.1, 0.15) is 79.2 Å². The third kappa shape index (κ3) is 9.01. The molecule has 22 heteroatoms. The first kappa shape index (κ1) is 51.2. The normalized spacial score (nSPS) is 19.1. The van der Waals surface area contributed by atoms with Gasteiger partial charge in [0, 0.05) is 158 Å². The van der Waals surface area contributed by atoms with Crippen LogP contribution in [0.25, 0.3) is 88.6 Å². The molecule has 22 nitrogen and oxygen atoms in total. The van der Waals surface area contributed by atoms with Crippen molar-refractivity contribution >= 4 is 67.1 Å². The Morgan fingerprint density at radius 1 is 0.598 bits per heavy atom. The Labute approximate surface area is 513 Å². The minimum Gasteiger partial charge on any atom is -0.383 e. The van der Waals surface area contributed by atoms with E-state index in [-0.39, 0.29) is 19.2 Å². The highest BCUT2D eigenvalue weighted by Crippen LogP contribution is 2.56. The molecule has 2 spiro atoms. The first-order valence-corrected chi connectivity index (χ1v) is 28.7. The van der Waals surface area contributed by atoms with Crippen molar-refractivity contribution in [2.45, 2.75) is 81.7 Å². The Kier molecular flexibility index (Phi) is 12.8. The Hall–Kier alpha value is -9.06. The molecule has 2 saturated heterocycles. The maximum Gasteiger partial charge on any atom is 0.237 e. The lowest BCUT2D eigenvalue weighted by Crippen LogP contribution is -2.56. The van der Waals surface area contributed by atoms with Crippen molar-refractivity contribution in [1.82, 2.24) is 68.9 Å². The third-order valence-corrected chi connectivity index (χ3v) is 19.0. The quantitative estimate of drug-likeness (QED) is 0.116. The van der Waals surface area contributed by atoms with Crippen LogP contribution in [0.2, 0.25) is 0 Å². The average Bonchev–Trinajstić information content (AvgIpc) is 1.56. The summed E-state index contributed by atoms with van der Waals surface area (Å²) in [4.78, 5) is 53.4. The van der Waals surface area contributed by atoms with E-state index in [0.29, 0.717) is 111 Å². The van der Waals surface area contributed by atoms with Gasteiger partial charge in [0.1, 0.15) is 11.3 Å². The van der Waals surface area contributed by atoms with E-state index in [1.807, 2.05) is 78.7 Å². The summed E-state index contributed by atoms with van der Waals surface area (Å²) < 4.78 is 64.0. The van der Waals surface area contributed by atoms with Crippen LogP contribution in [0.5, 0.6) is 0 Å². The van der Waals surface area contributed by atoms with Gasteiger partial charge in [-0.2, -0.15) is 30.9 Å². The molecule has 8 aromatic heterocycles. The molecule has 2 atom stereocenters. The number of fused-ring (bicyclic) bond motifs is 10. The molecular formula is C65H74N18O4. The first-order chi connectivity index (χ1) is 43.8. The molecule has 0 aliphatic carbocycles. The average molecular weight is 1180 g/mol. The monoisotopic (exact) mass is 1180 g/mol. The molecule has 0 bridgehead atoms. The number of benzene rings is 2. The van der Waals surface area contributed by atoms with Crippen molar-refractivity contribution in [2.75, 3.05) is 77.5 Å². The van der Waals surface area contributed by atoms with Crippen LogP contribution in [-0.2, 0) is 57.9 Å². The molecule has 12 heterocycles. The lowest BCUT2D eigenvalue weighted by molar-refractivity contribution is -0.126. The number of H-pyrrole nitrogens is 2. The van der Waals surface area contributed by atoms with E-state index in [4.69, 9.17) is 27.7 Å². The molecule has 10 aromatic rings. The molecule has 4 aliphatic heterocycles.